The molecule has 0 aliphatic carbocycles. The van der Waals surface area contributed by atoms with E-state index in [9.17, 15) is 9.18 Å². The highest BCUT2D eigenvalue weighted by atomic mass is 32.1. The summed E-state index contributed by atoms with van der Waals surface area (Å²) < 4.78 is 13.3. The lowest BCUT2D eigenvalue weighted by molar-refractivity contribution is -0.117. The van der Waals surface area contributed by atoms with Gasteiger partial charge in [0.2, 0.25) is 5.91 Å². The molecule has 2 aromatic rings. The van der Waals surface area contributed by atoms with Crippen molar-refractivity contribution in [3.63, 3.8) is 0 Å². The molecule has 1 aromatic carbocycles. The molecule has 2 heterocycles. The van der Waals surface area contributed by atoms with E-state index in [1.807, 2.05) is 6.20 Å². The van der Waals surface area contributed by atoms with Crippen LogP contribution in [0.4, 0.5) is 9.52 Å². The molecule has 0 bridgehead atoms. The summed E-state index contributed by atoms with van der Waals surface area (Å²) in [6.45, 7) is 3.83. The Labute approximate surface area is 139 Å². The molecule has 1 atom stereocenters. The number of hydrogen-bond donors (Lipinski definition) is 2. The van der Waals surface area contributed by atoms with Gasteiger partial charge in [-0.15, -0.1) is 11.3 Å². The van der Waals surface area contributed by atoms with Gasteiger partial charge in [-0.3, -0.25) is 4.79 Å². The Morgan fingerprint density at radius 2 is 2.22 bits per heavy atom. The predicted octanol–water partition coefficient (Wildman–Crippen LogP) is 3.49. The van der Waals surface area contributed by atoms with E-state index < -0.39 is 5.92 Å². The Morgan fingerprint density at radius 1 is 1.43 bits per heavy atom. The lowest BCUT2D eigenvalue weighted by atomic mass is 9.97. The molecule has 1 unspecified atom stereocenters. The van der Waals surface area contributed by atoms with Gasteiger partial charge in [0.1, 0.15) is 5.82 Å². The maximum atomic E-state index is 13.3. The van der Waals surface area contributed by atoms with Gasteiger partial charge in [0.05, 0.1) is 5.92 Å². The molecule has 1 aromatic heterocycles. The summed E-state index contributed by atoms with van der Waals surface area (Å²) in [5.74, 6) is -0.386. The van der Waals surface area contributed by atoms with Crippen LogP contribution in [0.2, 0.25) is 0 Å². The highest BCUT2D eigenvalue weighted by Crippen LogP contribution is 2.32. The Bertz CT molecular complexity index is 682. The van der Waals surface area contributed by atoms with E-state index in [2.05, 4.69) is 15.6 Å². The molecule has 4 nitrogen and oxygen atoms in total. The van der Waals surface area contributed by atoms with Crippen molar-refractivity contribution < 1.29 is 9.18 Å². The number of aromatic nitrogens is 1. The van der Waals surface area contributed by atoms with E-state index in [0.717, 1.165) is 25.9 Å². The van der Waals surface area contributed by atoms with Crippen molar-refractivity contribution in [1.82, 2.24) is 10.3 Å². The number of nitrogens with one attached hydrogen (secondary N) is 2. The highest BCUT2D eigenvalue weighted by molar-refractivity contribution is 7.15. The molecule has 1 fully saturated rings. The van der Waals surface area contributed by atoms with Gasteiger partial charge >= 0.3 is 0 Å². The number of anilines is 1. The van der Waals surface area contributed by atoms with E-state index in [-0.39, 0.29) is 11.7 Å². The standard InChI is InChI=1S/C17H20FN3OS/c1-11(13-3-2-4-14(18)9-13)16(22)21-17-20-10-15(23-17)12-5-7-19-8-6-12/h2-4,9-12,19H,5-8H2,1H3,(H,20,21,22). The van der Waals surface area contributed by atoms with Gasteiger partial charge in [0.15, 0.2) is 5.13 Å². The second kappa shape index (κ2) is 7.19. The number of carbonyl (C=O) groups is 1. The molecule has 0 radical (unpaired) electrons. The zero-order valence-corrected chi connectivity index (χ0v) is 13.8. The summed E-state index contributed by atoms with van der Waals surface area (Å²) in [7, 11) is 0. The van der Waals surface area contributed by atoms with Crippen LogP contribution in [0.25, 0.3) is 0 Å². The maximum Gasteiger partial charge on any atom is 0.233 e. The molecule has 3 rings (SSSR count). The number of carbonyl (C=O) groups excluding carboxylic acids is 1. The van der Waals surface area contributed by atoms with E-state index in [1.54, 1.807) is 19.1 Å². The number of rotatable bonds is 4. The smallest absolute Gasteiger partial charge is 0.233 e. The minimum absolute atomic E-state index is 0.165. The summed E-state index contributed by atoms with van der Waals surface area (Å²) >= 11 is 1.54. The van der Waals surface area contributed by atoms with Crippen molar-refractivity contribution in [2.45, 2.75) is 31.6 Å². The monoisotopic (exact) mass is 333 g/mol. The number of piperidine rings is 1. The molecule has 23 heavy (non-hydrogen) atoms. The number of amides is 1. The Kier molecular flexibility index (Phi) is 5.03. The van der Waals surface area contributed by atoms with Gasteiger partial charge in [-0.1, -0.05) is 12.1 Å². The van der Waals surface area contributed by atoms with E-state index >= 15 is 0 Å². The van der Waals surface area contributed by atoms with Crippen LogP contribution in [0.1, 0.15) is 42.0 Å². The average Bonchev–Trinajstić information content (AvgIpc) is 3.03. The second-order valence-electron chi connectivity index (χ2n) is 5.86. The van der Waals surface area contributed by atoms with Crippen LogP contribution in [-0.4, -0.2) is 24.0 Å². The molecule has 2 N–H and O–H groups in total. The second-order valence-corrected chi connectivity index (χ2v) is 6.92. The van der Waals surface area contributed by atoms with Crippen LogP contribution in [-0.2, 0) is 4.79 Å². The van der Waals surface area contributed by atoms with Gasteiger partial charge in [0.25, 0.3) is 0 Å². The molecular formula is C17H20FN3OS. The first-order valence-electron chi connectivity index (χ1n) is 7.86. The summed E-state index contributed by atoms with van der Waals surface area (Å²) in [4.78, 5) is 17.9. The SMILES string of the molecule is CC(C(=O)Nc1ncc(C2CCNCC2)s1)c1cccc(F)c1. The molecule has 6 heteroatoms. The third-order valence-corrected chi connectivity index (χ3v) is 5.31. The number of nitrogens with zero attached hydrogens (tertiary/aromatic N) is 1. The Morgan fingerprint density at radius 3 is 2.96 bits per heavy atom. The molecule has 1 saturated heterocycles. The van der Waals surface area contributed by atoms with Gasteiger partial charge in [-0.25, -0.2) is 9.37 Å². The summed E-state index contributed by atoms with van der Waals surface area (Å²) in [6, 6.07) is 6.15. The molecule has 122 valence electrons. The first kappa shape index (κ1) is 16.1. The normalized spacial score (nSPS) is 17.0. The molecule has 0 saturated carbocycles. The van der Waals surface area contributed by atoms with Crippen LogP contribution in [0.5, 0.6) is 0 Å². The fraction of sp³-hybridized carbons (Fsp3) is 0.412. The molecule has 0 spiro atoms. The molecule has 1 aliphatic heterocycles. The van der Waals surface area contributed by atoms with Crippen molar-refractivity contribution >= 4 is 22.4 Å². The van der Waals surface area contributed by atoms with Crippen LogP contribution >= 0.6 is 11.3 Å². The topological polar surface area (TPSA) is 54.0 Å². The lowest BCUT2D eigenvalue weighted by Crippen LogP contribution is -2.26. The number of benzene rings is 1. The largest absolute Gasteiger partial charge is 0.317 e. The third-order valence-electron chi connectivity index (χ3n) is 4.24. The zero-order chi connectivity index (χ0) is 16.2. The van der Waals surface area contributed by atoms with E-state index in [0.29, 0.717) is 16.6 Å². The highest BCUT2D eigenvalue weighted by Gasteiger charge is 2.20. The average molecular weight is 333 g/mol. The van der Waals surface area contributed by atoms with Crippen molar-refractivity contribution in [1.29, 1.82) is 0 Å². The van der Waals surface area contributed by atoms with Gasteiger partial charge in [-0.05, 0) is 56.5 Å². The lowest BCUT2D eigenvalue weighted by Gasteiger charge is -2.20. The fourth-order valence-corrected chi connectivity index (χ4v) is 3.77. The van der Waals surface area contributed by atoms with Gasteiger partial charge in [0, 0.05) is 11.1 Å². The zero-order valence-electron chi connectivity index (χ0n) is 13.0. The predicted molar refractivity (Wildman–Crippen MR) is 90.4 cm³/mol. The summed E-state index contributed by atoms with van der Waals surface area (Å²) in [5, 5.41) is 6.81. The Balaban J connectivity index is 1.64. The van der Waals surface area contributed by atoms with Crippen molar-refractivity contribution in [3.05, 3.63) is 46.7 Å². The minimum atomic E-state index is -0.420. The summed E-state index contributed by atoms with van der Waals surface area (Å²) in [5.41, 5.74) is 0.664. The summed E-state index contributed by atoms with van der Waals surface area (Å²) in [6.07, 6.45) is 4.08. The van der Waals surface area contributed by atoms with Crippen molar-refractivity contribution in [2.24, 2.45) is 0 Å². The number of hydrogen-bond acceptors (Lipinski definition) is 4. The van der Waals surface area contributed by atoms with Crippen molar-refractivity contribution in [2.75, 3.05) is 18.4 Å². The number of thiazole rings is 1. The van der Waals surface area contributed by atoms with Crippen molar-refractivity contribution in [3.8, 4) is 0 Å². The quantitative estimate of drug-likeness (QED) is 0.900. The number of halogens is 1. The van der Waals surface area contributed by atoms with Gasteiger partial charge in [-0.2, -0.15) is 0 Å². The molecule has 1 aliphatic rings. The third kappa shape index (κ3) is 3.95. The van der Waals surface area contributed by atoms with Crippen LogP contribution < -0.4 is 10.6 Å². The maximum absolute atomic E-state index is 13.3. The van der Waals surface area contributed by atoms with Crippen LogP contribution in [0, 0.1) is 5.82 Å². The van der Waals surface area contributed by atoms with Crippen LogP contribution in [0.3, 0.4) is 0 Å². The molecular weight excluding hydrogens is 313 g/mol. The first-order valence-corrected chi connectivity index (χ1v) is 8.68. The van der Waals surface area contributed by atoms with Crippen LogP contribution in [0.15, 0.2) is 30.5 Å². The van der Waals surface area contributed by atoms with E-state index in [1.165, 1.54) is 28.3 Å². The first-order chi connectivity index (χ1) is 11.1. The fourth-order valence-electron chi connectivity index (χ4n) is 2.78. The van der Waals surface area contributed by atoms with E-state index in [4.69, 9.17) is 0 Å². The Hall–Kier alpha value is -1.79. The molecule has 1 amide bonds. The minimum Gasteiger partial charge on any atom is -0.317 e. The van der Waals surface area contributed by atoms with Gasteiger partial charge < -0.3 is 10.6 Å².